The maximum atomic E-state index is 6.14. The van der Waals surface area contributed by atoms with Gasteiger partial charge in [0.25, 0.3) is 0 Å². The normalized spacial score (nSPS) is 12.6. The number of nitrogens with zero attached hydrogens (tertiary/aromatic N) is 2. The molecule has 1 N–H and O–H groups in total. The molecule has 0 bridgehead atoms. The third-order valence-corrected chi connectivity index (χ3v) is 4.10. The largest absolute Gasteiger partial charge is 0.310 e. The first-order valence-electron chi connectivity index (χ1n) is 7.64. The number of aromatic nitrogens is 2. The van der Waals surface area contributed by atoms with E-state index in [1.165, 1.54) is 11.1 Å². The van der Waals surface area contributed by atoms with Crippen LogP contribution in [-0.4, -0.2) is 16.3 Å². The fourth-order valence-electron chi connectivity index (χ4n) is 2.43. The fourth-order valence-corrected chi connectivity index (χ4v) is 2.55. The Bertz CT molecular complexity index is 577. The summed E-state index contributed by atoms with van der Waals surface area (Å²) in [5.74, 6) is 0. The number of halogens is 1. The number of rotatable bonds is 7. The molecule has 1 unspecified atom stereocenters. The summed E-state index contributed by atoms with van der Waals surface area (Å²) >= 11 is 6.14. The highest BCUT2D eigenvalue weighted by molar-refractivity contribution is 6.31. The molecule has 114 valence electrons. The molecule has 0 spiro atoms. The summed E-state index contributed by atoms with van der Waals surface area (Å²) in [5.41, 5.74) is 3.68. The number of hydrogen-bond acceptors (Lipinski definition) is 2. The van der Waals surface area contributed by atoms with E-state index in [1.54, 1.807) is 0 Å². The van der Waals surface area contributed by atoms with E-state index in [0.717, 1.165) is 36.5 Å². The van der Waals surface area contributed by atoms with Gasteiger partial charge in [0.15, 0.2) is 0 Å². The molecule has 0 radical (unpaired) electrons. The summed E-state index contributed by atoms with van der Waals surface area (Å²) in [4.78, 5) is 0. The van der Waals surface area contributed by atoms with Crippen LogP contribution in [0, 0.1) is 6.92 Å². The second-order valence-corrected chi connectivity index (χ2v) is 5.83. The molecule has 1 aromatic heterocycles. The molecule has 1 heterocycles. The lowest BCUT2D eigenvalue weighted by Crippen LogP contribution is -2.24. The quantitative estimate of drug-likeness (QED) is 0.833. The van der Waals surface area contributed by atoms with Crippen molar-refractivity contribution in [2.45, 2.75) is 46.2 Å². The van der Waals surface area contributed by atoms with E-state index in [9.17, 15) is 0 Å². The van der Waals surface area contributed by atoms with Gasteiger partial charge in [-0.25, -0.2) is 0 Å². The van der Waals surface area contributed by atoms with Gasteiger partial charge in [-0.1, -0.05) is 30.7 Å². The molecule has 3 nitrogen and oxygen atoms in total. The molecule has 1 atom stereocenters. The molecule has 1 aromatic carbocycles. The zero-order valence-electron chi connectivity index (χ0n) is 13.1. The van der Waals surface area contributed by atoms with Gasteiger partial charge in [0.2, 0.25) is 0 Å². The third-order valence-electron chi connectivity index (χ3n) is 3.68. The monoisotopic (exact) mass is 305 g/mol. The molecule has 0 aliphatic rings. The Hall–Kier alpha value is -1.32. The van der Waals surface area contributed by atoms with Crippen molar-refractivity contribution in [2.75, 3.05) is 6.54 Å². The molecule has 4 heteroatoms. The molecule has 2 rings (SSSR count). The molecule has 0 saturated carbocycles. The van der Waals surface area contributed by atoms with Gasteiger partial charge in [-0.05, 0) is 56.0 Å². The second-order valence-electron chi connectivity index (χ2n) is 5.42. The third kappa shape index (κ3) is 4.32. The average molecular weight is 306 g/mol. The molecule has 21 heavy (non-hydrogen) atoms. The first kappa shape index (κ1) is 16.1. The van der Waals surface area contributed by atoms with Gasteiger partial charge in [0.05, 0.1) is 6.20 Å². The summed E-state index contributed by atoms with van der Waals surface area (Å²) in [7, 11) is 0. The molecule has 2 aromatic rings. The Morgan fingerprint density at radius 2 is 2.14 bits per heavy atom. The van der Waals surface area contributed by atoms with Crippen molar-refractivity contribution in [3.8, 4) is 0 Å². The van der Waals surface area contributed by atoms with Gasteiger partial charge in [-0.15, -0.1) is 0 Å². The van der Waals surface area contributed by atoms with Crippen LogP contribution in [0.2, 0.25) is 5.02 Å². The van der Waals surface area contributed by atoms with Crippen LogP contribution in [0.5, 0.6) is 0 Å². The van der Waals surface area contributed by atoms with E-state index < -0.39 is 0 Å². The number of nitrogens with one attached hydrogen (secondary N) is 1. The van der Waals surface area contributed by atoms with Gasteiger partial charge in [-0.2, -0.15) is 5.10 Å². The Morgan fingerprint density at radius 1 is 1.33 bits per heavy atom. The maximum absolute atomic E-state index is 6.14. The topological polar surface area (TPSA) is 29.9 Å². The molecule has 0 saturated heterocycles. The van der Waals surface area contributed by atoms with Crippen molar-refractivity contribution >= 4 is 11.6 Å². The zero-order chi connectivity index (χ0) is 15.2. The van der Waals surface area contributed by atoms with E-state index >= 15 is 0 Å². The van der Waals surface area contributed by atoms with Crippen molar-refractivity contribution in [2.24, 2.45) is 0 Å². The van der Waals surface area contributed by atoms with Crippen LogP contribution in [-0.2, 0) is 13.0 Å². The molecule has 0 amide bonds. The van der Waals surface area contributed by atoms with Gasteiger partial charge in [0, 0.05) is 23.8 Å². The molecule has 0 aliphatic heterocycles. The van der Waals surface area contributed by atoms with Crippen LogP contribution >= 0.6 is 11.6 Å². The lowest BCUT2D eigenvalue weighted by atomic mass is 9.99. The van der Waals surface area contributed by atoms with Crippen LogP contribution in [0.1, 0.15) is 43.0 Å². The summed E-state index contributed by atoms with van der Waals surface area (Å²) in [6, 6.07) is 6.59. The van der Waals surface area contributed by atoms with Crippen LogP contribution in [0.15, 0.2) is 30.6 Å². The summed E-state index contributed by atoms with van der Waals surface area (Å²) in [5, 5.41) is 8.81. The predicted molar refractivity (Wildman–Crippen MR) is 88.8 cm³/mol. The minimum absolute atomic E-state index is 0.301. The van der Waals surface area contributed by atoms with E-state index in [-0.39, 0.29) is 0 Å². The molecule has 0 fully saturated rings. The van der Waals surface area contributed by atoms with E-state index in [2.05, 4.69) is 49.5 Å². The standard InChI is InChI=1S/C17H24ClN3/c1-4-8-19-17(10-14-11-20-21(5-2)12-14)15-6-7-16(18)13(3)9-15/h6-7,9,11-12,17,19H,4-5,8,10H2,1-3H3. The van der Waals surface area contributed by atoms with E-state index in [4.69, 9.17) is 11.6 Å². The van der Waals surface area contributed by atoms with E-state index in [0.29, 0.717) is 6.04 Å². The van der Waals surface area contributed by atoms with Gasteiger partial charge in [-0.3, -0.25) is 4.68 Å². The number of benzene rings is 1. The van der Waals surface area contributed by atoms with Gasteiger partial charge >= 0.3 is 0 Å². The van der Waals surface area contributed by atoms with Crippen LogP contribution in [0.25, 0.3) is 0 Å². The van der Waals surface area contributed by atoms with Crippen molar-refractivity contribution in [1.82, 2.24) is 15.1 Å². The number of hydrogen-bond donors (Lipinski definition) is 1. The smallest absolute Gasteiger partial charge is 0.0522 e. The highest BCUT2D eigenvalue weighted by Gasteiger charge is 2.13. The zero-order valence-corrected chi connectivity index (χ0v) is 13.8. The van der Waals surface area contributed by atoms with Crippen molar-refractivity contribution in [3.63, 3.8) is 0 Å². The predicted octanol–water partition coefficient (Wildman–Crippen LogP) is 4.15. The van der Waals surface area contributed by atoms with Crippen LogP contribution in [0.4, 0.5) is 0 Å². The van der Waals surface area contributed by atoms with Crippen molar-refractivity contribution < 1.29 is 0 Å². The minimum Gasteiger partial charge on any atom is -0.310 e. The van der Waals surface area contributed by atoms with Crippen molar-refractivity contribution in [3.05, 3.63) is 52.3 Å². The Morgan fingerprint density at radius 3 is 2.76 bits per heavy atom. The lowest BCUT2D eigenvalue weighted by molar-refractivity contribution is 0.528. The summed E-state index contributed by atoms with van der Waals surface area (Å²) in [6.07, 6.45) is 6.16. The first-order valence-corrected chi connectivity index (χ1v) is 8.02. The number of aryl methyl sites for hydroxylation is 2. The molecule has 0 aliphatic carbocycles. The van der Waals surface area contributed by atoms with Crippen molar-refractivity contribution in [1.29, 1.82) is 0 Å². The van der Waals surface area contributed by atoms with Crippen LogP contribution in [0.3, 0.4) is 0 Å². The van der Waals surface area contributed by atoms with E-state index in [1.807, 2.05) is 16.9 Å². The Kier molecular flexibility index (Phi) is 5.83. The Balaban J connectivity index is 2.18. The summed E-state index contributed by atoms with van der Waals surface area (Å²) in [6.45, 7) is 8.26. The highest BCUT2D eigenvalue weighted by Crippen LogP contribution is 2.23. The maximum Gasteiger partial charge on any atom is 0.0522 e. The fraction of sp³-hybridized carbons (Fsp3) is 0.471. The Labute approximate surface area is 132 Å². The lowest BCUT2D eigenvalue weighted by Gasteiger charge is -2.19. The van der Waals surface area contributed by atoms with Gasteiger partial charge in [0.1, 0.15) is 0 Å². The first-order chi connectivity index (χ1) is 10.1. The SMILES string of the molecule is CCCNC(Cc1cnn(CC)c1)c1ccc(Cl)c(C)c1. The second kappa shape index (κ2) is 7.62. The minimum atomic E-state index is 0.301. The van der Waals surface area contributed by atoms with Gasteiger partial charge < -0.3 is 5.32 Å². The average Bonchev–Trinajstić information content (AvgIpc) is 2.94. The van der Waals surface area contributed by atoms with Crippen LogP contribution < -0.4 is 5.32 Å². The molecular weight excluding hydrogens is 282 g/mol. The summed E-state index contributed by atoms with van der Waals surface area (Å²) < 4.78 is 1.97. The highest BCUT2D eigenvalue weighted by atomic mass is 35.5. The molecular formula is C17H24ClN3.